The fourth-order valence-corrected chi connectivity index (χ4v) is 1.85. The van der Waals surface area contributed by atoms with Crippen molar-refractivity contribution in [2.75, 3.05) is 0 Å². The summed E-state index contributed by atoms with van der Waals surface area (Å²) >= 11 is 3.37. The number of rotatable bonds is 3. The van der Waals surface area contributed by atoms with Gasteiger partial charge in [0.1, 0.15) is 17.8 Å². The van der Waals surface area contributed by atoms with E-state index in [2.05, 4.69) is 20.9 Å². The summed E-state index contributed by atoms with van der Waals surface area (Å²) < 4.78 is 6.46. The number of aldehydes is 1. The van der Waals surface area contributed by atoms with Crippen LogP contribution in [0.1, 0.15) is 16.1 Å². The Morgan fingerprint density at radius 2 is 2.12 bits per heavy atom. The number of hydrogen-bond donors (Lipinski definition) is 0. The van der Waals surface area contributed by atoms with Crippen molar-refractivity contribution in [1.29, 1.82) is 0 Å². The van der Waals surface area contributed by atoms with Gasteiger partial charge < -0.3 is 4.74 Å². The molecule has 3 nitrogen and oxygen atoms in total. The molecule has 0 saturated carbocycles. The van der Waals surface area contributed by atoms with Gasteiger partial charge in [-0.05, 0) is 53.2 Å². The Bertz CT molecular complexity index is 555. The van der Waals surface area contributed by atoms with E-state index < -0.39 is 0 Å². The number of aryl methyl sites for hydroxylation is 1. The van der Waals surface area contributed by atoms with Gasteiger partial charge in [0.2, 0.25) is 0 Å². The highest BCUT2D eigenvalue weighted by atomic mass is 79.9. The normalized spacial score (nSPS) is 10.0. The number of nitrogens with zero attached hydrogens (tertiary/aromatic N) is 1. The third-order valence-electron chi connectivity index (χ3n) is 2.27. The van der Waals surface area contributed by atoms with Crippen molar-refractivity contribution in [1.82, 2.24) is 4.98 Å². The van der Waals surface area contributed by atoms with Crippen LogP contribution in [0, 0.1) is 6.92 Å². The maximum atomic E-state index is 10.6. The Morgan fingerprint density at radius 1 is 1.29 bits per heavy atom. The van der Waals surface area contributed by atoms with Crippen LogP contribution < -0.4 is 4.74 Å². The highest BCUT2D eigenvalue weighted by molar-refractivity contribution is 9.10. The van der Waals surface area contributed by atoms with Crippen LogP contribution in [0.2, 0.25) is 0 Å². The molecule has 2 rings (SSSR count). The molecule has 0 amide bonds. The van der Waals surface area contributed by atoms with Crippen LogP contribution in [0.25, 0.3) is 0 Å². The molecule has 0 spiro atoms. The molecule has 86 valence electrons. The smallest absolute Gasteiger partial charge is 0.150 e. The largest absolute Gasteiger partial charge is 0.454 e. The number of hydrogen-bond acceptors (Lipinski definition) is 3. The standard InChI is InChI=1S/C13H10BrNO2/c1-9-12(3-2-6-15-9)17-13-5-4-10(8-16)7-11(13)14/h2-8H,1H3. The number of benzene rings is 1. The number of ether oxygens (including phenoxy) is 1. The maximum Gasteiger partial charge on any atom is 0.150 e. The zero-order valence-corrected chi connectivity index (χ0v) is 10.8. The molecule has 0 aliphatic rings. The first kappa shape index (κ1) is 11.8. The lowest BCUT2D eigenvalue weighted by Crippen LogP contribution is -1.91. The second-order valence-corrected chi connectivity index (χ2v) is 4.35. The van der Waals surface area contributed by atoms with Gasteiger partial charge in [-0.25, -0.2) is 0 Å². The number of pyridine rings is 1. The number of carbonyl (C=O) groups is 1. The van der Waals surface area contributed by atoms with Crippen LogP contribution in [-0.4, -0.2) is 11.3 Å². The van der Waals surface area contributed by atoms with Crippen molar-refractivity contribution in [3.63, 3.8) is 0 Å². The molecular formula is C13H10BrNO2. The van der Waals surface area contributed by atoms with Crippen molar-refractivity contribution in [2.24, 2.45) is 0 Å². The van der Waals surface area contributed by atoms with Gasteiger partial charge in [0, 0.05) is 11.8 Å². The molecule has 0 unspecified atom stereocenters. The molecule has 0 aliphatic heterocycles. The molecule has 2 aromatic rings. The summed E-state index contributed by atoms with van der Waals surface area (Å²) in [5.74, 6) is 1.36. The summed E-state index contributed by atoms with van der Waals surface area (Å²) in [5, 5.41) is 0. The zero-order valence-electron chi connectivity index (χ0n) is 9.18. The second kappa shape index (κ2) is 5.10. The van der Waals surface area contributed by atoms with E-state index in [0.29, 0.717) is 17.1 Å². The van der Waals surface area contributed by atoms with Gasteiger partial charge in [-0.1, -0.05) is 0 Å². The van der Waals surface area contributed by atoms with Crippen molar-refractivity contribution in [2.45, 2.75) is 6.92 Å². The average molecular weight is 292 g/mol. The Kier molecular flexibility index (Phi) is 3.54. The number of carbonyl (C=O) groups excluding carboxylic acids is 1. The van der Waals surface area contributed by atoms with Gasteiger partial charge in [-0.3, -0.25) is 9.78 Å². The average Bonchev–Trinajstić information content (AvgIpc) is 2.34. The molecule has 0 saturated heterocycles. The van der Waals surface area contributed by atoms with Crippen LogP contribution >= 0.6 is 15.9 Å². The molecule has 0 aliphatic carbocycles. The molecular weight excluding hydrogens is 282 g/mol. The Morgan fingerprint density at radius 3 is 2.76 bits per heavy atom. The fourth-order valence-electron chi connectivity index (χ4n) is 1.37. The topological polar surface area (TPSA) is 39.2 Å². The summed E-state index contributed by atoms with van der Waals surface area (Å²) in [7, 11) is 0. The van der Waals surface area contributed by atoms with Crippen molar-refractivity contribution >= 4 is 22.2 Å². The van der Waals surface area contributed by atoms with Crippen LogP contribution in [0.4, 0.5) is 0 Å². The predicted molar refractivity (Wildman–Crippen MR) is 68.6 cm³/mol. The highest BCUT2D eigenvalue weighted by Crippen LogP contribution is 2.31. The van der Waals surface area contributed by atoms with Crippen molar-refractivity contribution < 1.29 is 9.53 Å². The third-order valence-corrected chi connectivity index (χ3v) is 2.89. The lowest BCUT2D eigenvalue weighted by molar-refractivity contribution is 0.112. The van der Waals surface area contributed by atoms with E-state index in [1.807, 2.05) is 19.1 Å². The van der Waals surface area contributed by atoms with Crippen molar-refractivity contribution in [3.8, 4) is 11.5 Å². The molecule has 1 aromatic carbocycles. The molecule has 0 fully saturated rings. The van der Waals surface area contributed by atoms with Crippen molar-refractivity contribution in [3.05, 3.63) is 52.3 Å². The monoisotopic (exact) mass is 291 g/mol. The second-order valence-electron chi connectivity index (χ2n) is 3.50. The van der Waals surface area contributed by atoms with Gasteiger partial charge in [0.15, 0.2) is 0 Å². The minimum absolute atomic E-state index is 0.604. The van der Waals surface area contributed by atoms with Gasteiger partial charge in [0.25, 0.3) is 0 Å². The number of aromatic nitrogens is 1. The molecule has 1 heterocycles. The van der Waals surface area contributed by atoms with E-state index in [1.54, 1.807) is 24.4 Å². The van der Waals surface area contributed by atoms with Crippen LogP contribution in [0.3, 0.4) is 0 Å². The quantitative estimate of drug-likeness (QED) is 0.809. The fraction of sp³-hybridized carbons (Fsp3) is 0.0769. The summed E-state index contributed by atoms with van der Waals surface area (Å²) in [6, 6.07) is 8.84. The summed E-state index contributed by atoms with van der Waals surface area (Å²) in [6.45, 7) is 1.88. The Labute approximate surface area is 108 Å². The van der Waals surface area contributed by atoms with Crippen LogP contribution in [0.15, 0.2) is 41.0 Å². The first-order chi connectivity index (χ1) is 8.20. The molecule has 4 heteroatoms. The predicted octanol–water partition coefficient (Wildman–Crippen LogP) is 3.76. The third kappa shape index (κ3) is 2.71. The van der Waals surface area contributed by atoms with Crippen LogP contribution in [0.5, 0.6) is 11.5 Å². The molecule has 0 atom stereocenters. The SMILES string of the molecule is Cc1ncccc1Oc1ccc(C=O)cc1Br. The molecule has 17 heavy (non-hydrogen) atoms. The molecule has 0 bridgehead atoms. The van der Waals surface area contributed by atoms with Gasteiger partial charge in [-0.2, -0.15) is 0 Å². The minimum atomic E-state index is 0.604. The number of halogens is 1. The van der Waals surface area contributed by atoms with Gasteiger partial charge in [0.05, 0.1) is 10.2 Å². The maximum absolute atomic E-state index is 10.6. The zero-order chi connectivity index (χ0) is 12.3. The van der Waals surface area contributed by atoms with Gasteiger partial charge >= 0.3 is 0 Å². The van der Waals surface area contributed by atoms with E-state index >= 15 is 0 Å². The summed E-state index contributed by atoms with van der Waals surface area (Å²) in [5.41, 5.74) is 1.42. The molecule has 1 aromatic heterocycles. The first-order valence-electron chi connectivity index (χ1n) is 5.05. The van der Waals surface area contributed by atoms with Crippen LogP contribution in [-0.2, 0) is 0 Å². The van der Waals surface area contributed by atoms with Gasteiger partial charge in [-0.15, -0.1) is 0 Å². The highest BCUT2D eigenvalue weighted by Gasteiger charge is 2.06. The lowest BCUT2D eigenvalue weighted by Gasteiger charge is -2.09. The van der Waals surface area contributed by atoms with E-state index in [-0.39, 0.29) is 0 Å². The molecule has 0 N–H and O–H groups in total. The first-order valence-corrected chi connectivity index (χ1v) is 5.84. The lowest BCUT2D eigenvalue weighted by atomic mass is 10.2. The van der Waals surface area contributed by atoms with E-state index in [1.165, 1.54) is 0 Å². The van der Waals surface area contributed by atoms with E-state index in [9.17, 15) is 4.79 Å². The van der Waals surface area contributed by atoms with E-state index in [0.717, 1.165) is 16.5 Å². The summed E-state index contributed by atoms with van der Waals surface area (Å²) in [6.07, 6.45) is 2.51. The molecule has 0 radical (unpaired) electrons. The minimum Gasteiger partial charge on any atom is -0.454 e. The Balaban J connectivity index is 2.31. The summed E-state index contributed by atoms with van der Waals surface area (Å²) in [4.78, 5) is 14.8. The van der Waals surface area contributed by atoms with E-state index in [4.69, 9.17) is 4.74 Å². The Hall–Kier alpha value is -1.68.